The summed E-state index contributed by atoms with van der Waals surface area (Å²) in [5.41, 5.74) is 0.774. The molecule has 0 aromatic heterocycles. The fraction of sp³-hybridized carbons (Fsp3) is 0.467. The first-order chi connectivity index (χ1) is 9.09. The van der Waals surface area contributed by atoms with E-state index in [-0.39, 0.29) is 23.8 Å². The van der Waals surface area contributed by atoms with Gasteiger partial charge in [0.15, 0.2) is 0 Å². The Morgan fingerprint density at radius 2 is 1.95 bits per heavy atom. The van der Waals surface area contributed by atoms with Crippen molar-refractivity contribution in [1.82, 2.24) is 4.90 Å². The summed E-state index contributed by atoms with van der Waals surface area (Å²) in [5, 5.41) is 2.87. The molecule has 1 aromatic rings. The lowest BCUT2D eigenvalue weighted by Gasteiger charge is -2.25. The van der Waals surface area contributed by atoms with E-state index in [1.54, 1.807) is 4.90 Å². The van der Waals surface area contributed by atoms with Crippen molar-refractivity contribution in [3.8, 4) is 0 Å². The highest BCUT2D eigenvalue weighted by atomic mass is 16.2. The van der Waals surface area contributed by atoms with E-state index in [9.17, 15) is 9.59 Å². The van der Waals surface area contributed by atoms with Crippen LogP contribution in [0.4, 0.5) is 5.69 Å². The predicted octanol–water partition coefficient (Wildman–Crippen LogP) is 2.27. The minimum absolute atomic E-state index is 0.0608. The van der Waals surface area contributed by atoms with Crippen LogP contribution in [0.25, 0.3) is 0 Å². The molecular formula is C15H20N2O2. The average molecular weight is 260 g/mol. The normalized spacial score (nSPS) is 18.7. The lowest BCUT2D eigenvalue weighted by atomic mass is 10.1. The molecule has 1 fully saturated rings. The Hall–Kier alpha value is -1.84. The number of benzene rings is 1. The maximum Gasteiger partial charge on any atom is 0.247 e. The first-order valence-electron chi connectivity index (χ1n) is 6.76. The summed E-state index contributed by atoms with van der Waals surface area (Å²) in [4.78, 5) is 26.0. The first-order valence-corrected chi connectivity index (χ1v) is 6.76. The van der Waals surface area contributed by atoms with Crippen molar-refractivity contribution in [2.45, 2.75) is 32.7 Å². The quantitative estimate of drug-likeness (QED) is 0.906. The summed E-state index contributed by atoms with van der Waals surface area (Å²) < 4.78 is 0. The molecule has 2 amide bonds. The van der Waals surface area contributed by atoms with Crippen molar-refractivity contribution in [3.05, 3.63) is 30.3 Å². The van der Waals surface area contributed by atoms with Gasteiger partial charge in [0.1, 0.15) is 6.04 Å². The Labute approximate surface area is 113 Å². The van der Waals surface area contributed by atoms with Crippen LogP contribution in [-0.4, -0.2) is 29.3 Å². The molecule has 2 rings (SSSR count). The lowest BCUT2D eigenvalue weighted by molar-refractivity contribution is -0.139. The third-order valence-electron chi connectivity index (χ3n) is 3.37. The maximum absolute atomic E-state index is 12.2. The van der Waals surface area contributed by atoms with E-state index in [0.717, 1.165) is 18.5 Å². The van der Waals surface area contributed by atoms with Crippen molar-refractivity contribution in [1.29, 1.82) is 0 Å². The highest BCUT2D eigenvalue weighted by molar-refractivity contribution is 5.97. The average Bonchev–Trinajstić information content (AvgIpc) is 2.88. The van der Waals surface area contributed by atoms with Crippen LogP contribution in [0.15, 0.2) is 30.3 Å². The van der Waals surface area contributed by atoms with Gasteiger partial charge in [-0.1, -0.05) is 32.0 Å². The minimum atomic E-state index is -0.324. The predicted molar refractivity (Wildman–Crippen MR) is 74.6 cm³/mol. The molecule has 102 valence electrons. The second-order valence-corrected chi connectivity index (χ2v) is 5.20. The molecule has 1 aliphatic rings. The number of para-hydroxylation sites is 1. The number of hydrogen-bond acceptors (Lipinski definition) is 2. The fourth-order valence-electron chi connectivity index (χ4n) is 2.38. The Morgan fingerprint density at radius 1 is 1.26 bits per heavy atom. The fourth-order valence-corrected chi connectivity index (χ4v) is 2.38. The van der Waals surface area contributed by atoms with Crippen LogP contribution in [0.1, 0.15) is 26.7 Å². The Morgan fingerprint density at radius 3 is 2.58 bits per heavy atom. The molecule has 1 saturated heterocycles. The van der Waals surface area contributed by atoms with E-state index >= 15 is 0 Å². The summed E-state index contributed by atoms with van der Waals surface area (Å²) in [6.45, 7) is 4.42. The number of nitrogens with zero attached hydrogens (tertiary/aromatic N) is 1. The molecule has 0 radical (unpaired) electrons. The monoisotopic (exact) mass is 260 g/mol. The molecule has 4 heteroatoms. The van der Waals surface area contributed by atoms with Crippen LogP contribution in [-0.2, 0) is 9.59 Å². The number of anilines is 1. The van der Waals surface area contributed by atoms with E-state index in [1.807, 2.05) is 44.2 Å². The number of likely N-dealkylation sites (tertiary alicyclic amines) is 1. The maximum atomic E-state index is 12.2. The van der Waals surface area contributed by atoms with Crippen LogP contribution in [0.2, 0.25) is 0 Å². The Bertz CT molecular complexity index is 456. The molecule has 1 unspecified atom stereocenters. The Kier molecular flexibility index (Phi) is 4.20. The van der Waals surface area contributed by atoms with Crippen LogP contribution in [0, 0.1) is 5.92 Å². The van der Waals surface area contributed by atoms with Crippen molar-refractivity contribution < 1.29 is 9.59 Å². The topological polar surface area (TPSA) is 49.4 Å². The van der Waals surface area contributed by atoms with Gasteiger partial charge in [-0.15, -0.1) is 0 Å². The second kappa shape index (κ2) is 5.87. The van der Waals surface area contributed by atoms with E-state index < -0.39 is 0 Å². The zero-order valence-electron chi connectivity index (χ0n) is 11.4. The third kappa shape index (κ3) is 3.13. The van der Waals surface area contributed by atoms with Gasteiger partial charge in [-0.25, -0.2) is 0 Å². The van der Waals surface area contributed by atoms with Crippen LogP contribution in [0.3, 0.4) is 0 Å². The van der Waals surface area contributed by atoms with E-state index in [1.165, 1.54) is 0 Å². The number of rotatable bonds is 3. The smallest absolute Gasteiger partial charge is 0.247 e. The van der Waals surface area contributed by atoms with Gasteiger partial charge in [0.25, 0.3) is 0 Å². The zero-order chi connectivity index (χ0) is 13.8. The molecule has 19 heavy (non-hydrogen) atoms. The molecule has 1 aromatic carbocycles. The van der Waals surface area contributed by atoms with Crippen molar-refractivity contribution in [3.63, 3.8) is 0 Å². The zero-order valence-corrected chi connectivity index (χ0v) is 11.4. The SMILES string of the molecule is CC(C)C(=O)N1CCCC1C(=O)Nc1ccccc1. The van der Waals surface area contributed by atoms with Gasteiger partial charge in [-0.3, -0.25) is 9.59 Å². The molecule has 1 N–H and O–H groups in total. The number of hydrogen-bond donors (Lipinski definition) is 1. The summed E-state index contributed by atoms with van der Waals surface area (Å²) in [5.74, 6) is -0.0893. The van der Waals surface area contributed by atoms with Crippen LogP contribution in [0.5, 0.6) is 0 Å². The van der Waals surface area contributed by atoms with Gasteiger partial charge < -0.3 is 10.2 Å². The summed E-state index contributed by atoms with van der Waals surface area (Å²) in [7, 11) is 0. The largest absolute Gasteiger partial charge is 0.330 e. The molecule has 0 spiro atoms. The van der Waals surface area contributed by atoms with Gasteiger partial charge in [-0.05, 0) is 25.0 Å². The van der Waals surface area contributed by atoms with Crippen molar-refractivity contribution in [2.24, 2.45) is 5.92 Å². The van der Waals surface area contributed by atoms with Crippen LogP contribution >= 0.6 is 0 Å². The van der Waals surface area contributed by atoms with E-state index in [0.29, 0.717) is 6.54 Å². The molecule has 4 nitrogen and oxygen atoms in total. The summed E-state index contributed by atoms with van der Waals surface area (Å²) >= 11 is 0. The summed E-state index contributed by atoms with van der Waals surface area (Å²) in [6.07, 6.45) is 1.64. The second-order valence-electron chi connectivity index (χ2n) is 5.20. The van der Waals surface area contributed by atoms with Crippen LogP contribution < -0.4 is 5.32 Å². The lowest BCUT2D eigenvalue weighted by Crippen LogP contribution is -2.44. The highest BCUT2D eigenvalue weighted by Gasteiger charge is 2.34. The van der Waals surface area contributed by atoms with E-state index in [2.05, 4.69) is 5.32 Å². The molecular weight excluding hydrogens is 240 g/mol. The van der Waals surface area contributed by atoms with Gasteiger partial charge >= 0.3 is 0 Å². The van der Waals surface area contributed by atoms with Gasteiger partial charge in [0, 0.05) is 18.2 Å². The molecule has 0 saturated carbocycles. The molecule has 0 bridgehead atoms. The molecule has 0 aliphatic carbocycles. The number of nitrogens with one attached hydrogen (secondary N) is 1. The highest BCUT2D eigenvalue weighted by Crippen LogP contribution is 2.21. The van der Waals surface area contributed by atoms with Gasteiger partial charge in [-0.2, -0.15) is 0 Å². The van der Waals surface area contributed by atoms with E-state index in [4.69, 9.17) is 0 Å². The third-order valence-corrected chi connectivity index (χ3v) is 3.37. The van der Waals surface area contributed by atoms with Crippen molar-refractivity contribution >= 4 is 17.5 Å². The van der Waals surface area contributed by atoms with Gasteiger partial charge in [0.2, 0.25) is 11.8 Å². The Balaban J connectivity index is 2.04. The van der Waals surface area contributed by atoms with Gasteiger partial charge in [0.05, 0.1) is 0 Å². The number of carbonyl (C=O) groups is 2. The molecule has 1 atom stereocenters. The van der Waals surface area contributed by atoms with Crippen molar-refractivity contribution in [2.75, 3.05) is 11.9 Å². The number of carbonyl (C=O) groups excluding carboxylic acids is 2. The first kappa shape index (κ1) is 13.6. The summed E-state index contributed by atoms with van der Waals surface area (Å²) in [6, 6.07) is 9.03. The standard InChI is InChI=1S/C15H20N2O2/c1-11(2)15(19)17-10-6-9-13(17)14(18)16-12-7-4-3-5-8-12/h3-5,7-8,11,13H,6,9-10H2,1-2H3,(H,16,18). The number of amides is 2. The molecule has 1 heterocycles. The molecule has 1 aliphatic heterocycles. The minimum Gasteiger partial charge on any atom is -0.330 e.